The molecule has 208 valence electrons. The first-order valence-corrected chi connectivity index (χ1v) is 15.7. The summed E-state index contributed by atoms with van der Waals surface area (Å²) in [6.07, 6.45) is 1.77. The Hall–Kier alpha value is -4.65. The van der Waals surface area contributed by atoms with Crippen molar-refractivity contribution in [3.63, 3.8) is 0 Å². The molecule has 0 spiro atoms. The van der Waals surface area contributed by atoms with Gasteiger partial charge in [0.2, 0.25) is 0 Å². The van der Waals surface area contributed by atoms with Crippen LogP contribution < -0.4 is 4.90 Å². The molecule has 0 amide bonds. The smallest absolute Gasteiger partial charge is 0.197 e. The minimum absolute atomic E-state index is 0.202. The van der Waals surface area contributed by atoms with Crippen molar-refractivity contribution >= 4 is 66.8 Å². The highest BCUT2D eigenvalue weighted by Gasteiger charge is 2.40. The molecule has 0 fully saturated rings. The number of allylic oxidation sites excluding steroid dienone is 1. The van der Waals surface area contributed by atoms with E-state index in [1.54, 1.807) is 65.1 Å². The molecule has 6 heteroatoms. The molecule has 8 rings (SSSR count). The summed E-state index contributed by atoms with van der Waals surface area (Å²) in [7, 11) is 0. The highest BCUT2D eigenvalue weighted by Crippen LogP contribution is 2.58. The van der Waals surface area contributed by atoms with Crippen molar-refractivity contribution in [1.82, 2.24) is 0 Å². The molecule has 0 atom stereocenters. The van der Waals surface area contributed by atoms with E-state index in [1.165, 1.54) is 38.4 Å². The van der Waals surface area contributed by atoms with Crippen LogP contribution in [-0.4, -0.2) is 11.6 Å². The van der Waals surface area contributed by atoms with Crippen molar-refractivity contribution in [2.75, 3.05) is 4.90 Å². The molecule has 0 bridgehead atoms. The van der Waals surface area contributed by atoms with E-state index in [-0.39, 0.29) is 28.4 Å². The van der Waals surface area contributed by atoms with Gasteiger partial charge in [-0.3, -0.25) is 9.59 Å². The highest BCUT2D eigenvalue weighted by atomic mass is 32.1. The summed E-state index contributed by atoms with van der Waals surface area (Å²) in [6, 6.07) is 32.4. The van der Waals surface area contributed by atoms with Gasteiger partial charge in [0.25, 0.3) is 0 Å². The first kappa shape index (κ1) is 26.0. The highest BCUT2D eigenvalue weighted by molar-refractivity contribution is 7.30. The summed E-state index contributed by atoms with van der Waals surface area (Å²) in [4.78, 5) is 30.3. The number of Topliss-reactive ketones (excluding diaryl/α,β-unsaturated/α-hetero) is 2. The second-order valence-corrected chi connectivity index (χ2v) is 13.5. The number of para-hydroxylation sites is 1. The maximum atomic E-state index is 13.8. The van der Waals surface area contributed by atoms with Gasteiger partial charge in [0.1, 0.15) is 5.82 Å². The molecule has 3 nitrogen and oxygen atoms in total. The minimum Gasteiger partial charge on any atom is -0.310 e. The van der Waals surface area contributed by atoms with Crippen LogP contribution in [0.15, 0.2) is 109 Å². The molecule has 6 aromatic rings. The summed E-state index contributed by atoms with van der Waals surface area (Å²) < 4.78 is 16.2. The van der Waals surface area contributed by atoms with E-state index < -0.39 is 0 Å². The Bertz CT molecular complexity index is 2120. The predicted molar refractivity (Wildman–Crippen MR) is 175 cm³/mol. The van der Waals surface area contributed by atoms with Gasteiger partial charge in [-0.05, 0) is 77.4 Å². The molecule has 2 aromatic heterocycles. The van der Waals surface area contributed by atoms with E-state index in [4.69, 9.17) is 0 Å². The van der Waals surface area contributed by atoms with Gasteiger partial charge in [-0.25, -0.2) is 4.39 Å². The molecular weight excluding hydrogens is 574 g/mol. The van der Waals surface area contributed by atoms with Crippen LogP contribution >= 0.6 is 22.7 Å². The number of thiophene rings is 2. The van der Waals surface area contributed by atoms with E-state index in [2.05, 4.69) is 55.1 Å². The van der Waals surface area contributed by atoms with Gasteiger partial charge in [-0.1, -0.05) is 62.4 Å². The van der Waals surface area contributed by atoms with Gasteiger partial charge in [0.05, 0.1) is 10.3 Å². The number of rotatable bonds is 4. The van der Waals surface area contributed by atoms with Crippen LogP contribution in [0.1, 0.15) is 50.6 Å². The molecule has 0 saturated heterocycles. The second-order valence-electron chi connectivity index (χ2n) is 11.4. The Balaban J connectivity index is 1.21. The Labute approximate surface area is 256 Å². The summed E-state index contributed by atoms with van der Waals surface area (Å²) in [5.41, 5.74) is 7.56. The molecule has 0 aliphatic heterocycles. The average molecular weight is 598 g/mol. The summed E-state index contributed by atoms with van der Waals surface area (Å²) in [5, 5.41) is 0. The van der Waals surface area contributed by atoms with Crippen LogP contribution in [0.4, 0.5) is 21.5 Å². The van der Waals surface area contributed by atoms with Gasteiger partial charge in [0.15, 0.2) is 11.6 Å². The minimum atomic E-state index is -0.269. The molecule has 0 N–H and O–H groups in total. The largest absolute Gasteiger partial charge is 0.310 e. The Morgan fingerprint density at radius 2 is 1.33 bits per heavy atom. The maximum absolute atomic E-state index is 13.8. The van der Waals surface area contributed by atoms with Crippen molar-refractivity contribution in [2.24, 2.45) is 0 Å². The molecular formula is C37H24FNO2S2. The van der Waals surface area contributed by atoms with E-state index in [9.17, 15) is 14.0 Å². The van der Waals surface area contributed by atoms with Crippen molar-refractivity contribution < 1.29 is 14.0 Å². The Kier molecular flexibility index (Phi) is 5.70. The van der Waals surface area contributed by atoms with Crippen molar-refractivity contribution in [1.29, 1.82) is 0 Å². The number of halogens is 1. The van der Waals surface area contributed by atoms with Crippen molar-refractivity contribution in [3.05, 3.63) is 142 Å². The number of hydrogen-bond acceptors (Lipinski definition) is 5. The lowest BCUT2D eigenvalue weighted by Crippen LogP contribution is -2.16. The molecule has 2 aliphatic rings. The number of carbonyl (C=O) groups excluding carboxylic acids is 2. The van der Waals surface area contributed by atoms with Gasteiger partial charge in [-0.15, -0.1) is 22.7 Å². The quantitative estimate of drug-likeness (QED) is 0.150. The van der Waals surface area contributed by atoms with Gasteiger partial charge < -0.3 is 4.90 Å². The predicted octanol–water partition coefficient (Wildman–Crippen LogP) is 10.3. The number of ketones is 2. The molecule has 0 unspecified atom stereocenters. The van der Waals surface area contributed by atoms with Crippen LogP contribution in [0.25, 0.3) is 25.9 Å². The van der Waals surface area contributed by atoms with E-state index in [0.717, 1.165) is 26.6 Å². The number of anilines is 3. The number of nitrogens with zero attached hydrogens (tertiary/aromatic N) is 1. The zero-order chi connectivity index (χ0) is 29.5. The molecule has 2 aliphatic carbocycles. The maximum Gasteiger partial charge on any atom is 0.197 e. The van der Waals surface area contributed by atoms with Crippen molar-refractivity contribution in [2.45, 2.75) is 19.3 Å². The lowest BCUT2D eigenvalue weighted by Gasteiger charge is -2.28. The molecule has 0 saturated carbocycles. The molecule has 0 radical (unpaired) electrons. The van der Waals surface area contributed by atoms with Crippen LogP contribution in [-0.2, 0) is 5.41 Å². The Morgan fingerprint density at radius 1 is 0.698 bits per heavy atom. The van der Waals surface area contributed by atoms with Crippen LogP contribution in [0.5, 0.6) is 0 Å². The molecule has 43 heavy (non-hydrogen) atoms. The second kappa shape index (κ2) is 9.43. The van der Waals surface area contributed by atoms with Gasteiger partial charge in [-0.2, -0.15) is 0 Å². The zero-order valence-corrected chi connectivity index (χ0v) is 25.0. The Morgan fingerprint density at radius 3 is 2.02 bits per heavy atom. The topological polar surface area (TPSA) is 37.4 Å². The lowest BCUT2D eigenvalue weighted by atomic mass is 9.82. The SMILES string of the molecule is CC1(C)c2cc(N(c3ccccc3)c3ccc(F)cc3)ccc2-c2sc3cc(C=C4C(=O)c5ccccc5C4=O)sc3c21. The third-order valence-corrected chi connectivity index (χ3v) is 10.9. The normalized spacial score (nSPS) is 14.6. The summed E-state index contributed by atoms with van der Waals surface area (Å²) in [5.74, 6) is -0.670. The van der Waals surface area contributed by atoms with Gasteiger partial charge >= 0.3 is 0 Å². The lowest BCUT2D eigenvalue weighted by molar-refractivity contribution is 0.0990. The average Bonchev–Trinajstić information content (AvgIpc) is 3.70. The molecule has 2 heterocycles. The number of fused-ring (bicyclic) bond motifs is 6. The first-order chi connectivity index (χ1) is 20.8. The number of hydrogen-bond donors (Lipinski definition) is 0. The van der Waals surface area contributed by atoms with Crippen molar-refractivity contribution in [3.8, 4) is 10.4 Å². The van der Waals surface area contributed by atoms with Crippen LogP contribution in [0.3, 0.4) is 0 Å². The standard InChI is InChI=1S/C37H24FNO2S2/c1-37(2)30-18-24(39(22-8-4-3-5-9-22)23-14-12-21(38)13-15-23)16-17-28(30)35-32(37)36-31(43-35)20-25(42-36)19-29-33(40)26-10-6-7-11-27(26)34(29)41/h3-20H,1-2H3. The fourth-order valence-corrected chi connectivity index (χ4v) is 9.36. The number of carbonyl (C=O) groups is 2. The molecule has 4 aromatic carbocycles. The van der Waals surface area contributed by atoms with Crippen LogP contribution in [0.2, 0.25) is 0 Å². The van der Waals surface area contributed by atoms with Gasteiger partial charge in [0, 0.05) is 48.1 Å². The fraction of sp³-hybridized carbons (Fsp3) is 0.0811. The fourth-order valence-electron chi connectivity index (χ4n) is 6.42. The van der Waals surface area contributed by atoms with E-state index >= 15 is 0 Å². The van der Waals surface area contributed by atoms with E-state index in [1.807, 2.05) is 18.2 Å². The van der Waals surface area contributed by atoms with Crippen LogP contribution in [0, 0.1) is 5.82 Å². The zero-order valence-electron chi connectivity index (χ0n) is 23.4. The third kappa shape index (κ3) is 3.90. The number of benzene rings is 4. The summed E-state index contributed by atoms with van der Waals surface area (Å²) in [6.45, 7) is 4.52. The van der Waals surface area contributed by atoms with E-state index in [0.29, 0.717) is 11.1 Å². The third-order valence-electron chi connectivity index (χ3n) is 8.48. The summed E-state index contributed by atoms with van der Waals surface area (Å²) >= 11 is 3.40. The monoisotopic (exact) mass is 597 g/mol. The first-order valence-electron chi connectivity index (χ1n) is 14.0.